The third-order valence-corrected chi connectivity index (χ3v) is 5.80. The fourth-order valence-corrected chi connectivity index (χ4v) is 0. The van der Waals surface area contributed by atoms with Gasteiger partial charge in [0.15, 0.2) is 0 Å². The van der Waals surface area contributed by atoms with Gasteiger partial charge in [0.05, 0.1) is 8.07 Å². The van der Waals surface area contributed by atoms with Gasteiger partial charge in [-0.1, -0.05) is 33.9 Å². The first-order valence-electron chi connectivity index (χ1n) is 3.04. The molecule has 0 aliphatic rings. The molecule has 48 valence electrons. The molecule has 0 aromatic rings. The zero-order chi connectivity index (χ0) is 7.00. The lowest BCUT2D eigenvalue weighted by molar-refractivity contribution is 0.728. The zero-order valence-corrected chi connectivity index (χ0v) is 7.58. The molecule has 0 rings (SSSR count). The molecule has 0 N–H and O–H groups in total. The molecule has 0 atom stereocenters. The molecule has 0 unspecified atom stereocenters. The molecule has 0 bridgehead atoms. The summed E-state index contributed by atoms with van der Waals surface area (Å²) in [6, 6.07) is 0. The average molecular weight is 128 g/mol. The monoisotopic (exact) mass is 128 g/mol. The zero-order valence-electron chi connectivity index (χ0n) is 6.58. The first-order chi connectivity index (χ1) is 3.25. The molecule has 0 aliphatic carbocycles. The normalized spacial score (nSPS) is 14.2. The molecule has 0 heterocycles. The van der Waals surface area contributed by atoms with Crippen molar-refractivity contribution in [3.8, 4) is 0 Å². The van der Waals surface area contributed by atoms with E-state index < -0.39 is 8.07 Å². The van der Waals surface area contributed by atoms with Crippen molar-refractivity contribution in [3.63, 3.8) is 0 Å². The molecule has 0 saturated carbocycles. The van der Waals surface area contributed by atoms with Crippen LogP contribution in [0.15, 0.2) is 0 Å². The summed E-state index contributed by atoms with van der Waals surface area (Å²) in [5.74, 6) is 0. The molecular formula is C7H16Si. The van der Waals surface area contributed by atoms with Gasteiger partial charge in [0.25, 0.3) is 0 Å². The second-order valence-electron chi connectivity index (χ2n) is 3.97. The summed E-state index contributed by atoms with van der Waals surface area (Å²) in [7, 11) is -1.36. The van der Waals surface area contributed by atoms with Gasteiger partial charge in [-0.15, -0.1) is 0 Å². The lowest BCUT2D eigenvalue weighted by Gasteiger charge is -2.32. The van der Waals surface area contributed by atoms with E-state index in [1.807, 2.05) is 0 Å². The van der Waals surface area contributed by atoms with Crippen molar-refractivity contribution in [3.05, 3.63) is 6.55 Å². The van der Waals surface area contributed by atoms with Crippen LogP contribution in [0.3, 0.4) is 0 Å². The van der Waals surface area contributed by atoms with Crippen molar-refractivity contribution in [1.82, 2.24) is 0 Å². The highest BCUT2D eigenvalue weighted by Crippen LogP contribution is 2.34. The Morgan fingerprint density at radius 3 is 1.25 bits per heavy atom. The van der Waals surface area contributed by atoms with Crippen molar-refractivity contribution in [2.75, 3.05) is 0 Å². The Morgan fingerprint density at radius 2 is 1.25 bits per heavy atom. The maximum atomic E-state index is 5.95. The molecule has 0 spiro atoms. The van der Waals surface area contributed by atoms with E-state index in [1.165, 1.54) is 0 Å². The Hall–Kier alpha value is 0.217. The SMILES string of the molecule is [CH][Si](C)(C)C(C)(C)C. The van der Waals surface area contributed by atoms with Crippen molar-refractivity contribution in [1.29, 1.82) is 0 Å². The van der Waals surface area contributed by atoms with E-state index in [1.54, 1.807) is 0 Å². The first kappa shape index (κ1) is 8.22. The van der Waals surface area contributed by atoms with Crippen LogP contribution >= 0.6 is 0 Å². The van der Waals surface area contributed by atoms with E-state index in [9.17, 15) is 0 Å². The largest absolute Gasteiger partial charge is 0.0688 e. The number of hydrogen-bond donors (Lipinski definition) is 0. The molecule has 0 saturated heterocycles. The smallest absolute Gasteiger partial charge is 0.0558 e. The minimum absolute atomic E-state index is 0.354. The highest BCUT2D eigenvalue weighted by Gasteiger charge is 2.29. The Bertz CT molecular complexity index is 59.4. The van der Waals surface area contributed by atoms with E-state index in [4.69, 9.17) is 6.55 Å². The molecule has 8 heavy (non-hydrogen) atoms. The Morgan fingerprint density at radius 1 is 1.12 bits per heavy atom. The van der Waals surface area contributed by atoms with Crippen LogP contribution in [0.5, 0.6) is 0 Å². The van der Waals surface area contributed by atoms with Crippen molar-refractivity contribution < 1.29 is 0 Å². The van der Waals surface area contributed by atoms with Gasteiger partial charge in [0, 0.05) is 0 Å². The number of hydrogen-bond acceptors (Lipinski definition) is 0. The summed E-state index contributed by atoms with van der Waals surface area (Å²) in [5, 5.41) is 0.354. The summed E-state index contributed by atoms with van der Waals surface area (Å²) in [6.45, 7) is 16.9. The Labute approximate surface area is 54.3 Å². The predicted octanol–water partition coefficient (Wildman–Crippen LogP) is 2.75. The first-order valence-corrected chi connectivity index (χ1v) is 6.12. The summed E-state index contributed by atoms with van der Waals surface area (Å²) < 4.78 is 0. The maximum absolute atomic E-state index is 5.95. The quantitative estimate of drug-likeness (QED) is 0.440. The van der Waals surface area contributed by atoms with Crippen LogP contribution in [-0.4, -0.2) is 8.07 Å². The topological polar surface area (TPSA) is 0 Å². The van der Waals surface area contributed by atoms with Gasteiger partial charge in [0.2, 0.25) is 0 Å². The standard InChI is InChI=1S/C7H16Si/c1-7(2,3)8(4,5)6/h4H,1-3,5-6H3. The van der Waals surface area contributed by atoms with Crippen LogP contribution in [0, 0.1) is 6.55 Å². The summed E-state index contributed by atoms with van der Waals surface area (Å²) >= 11 is 0. The third kappa shape index (κ3) is 1.99. The van der Waals surface area contributed by atoms with Gasteiger partial charge in [-0.05, 0) is 11.6 Å². The van der Waals surface area contributed by atoms with E-state index in [2.05, 4.69) is 33.9 Å². The second kappa shape index (κ2) is 1.87. The van der Waals surface area contributed by atoms with Gasteiger partial charge < -0.3 is 0 Å². The van der Waals surface area contributed by atoms with Crippen LogP contribution in [0.1, 0.15) is 20.8 Å². The van der Waals surface area contributed by atoms with E-state index in [0.717, 1.165) is 0 Å². The molecule has 0 aromatic carbocycles. The van der Waals surface area contributed by atoms with Gasteiger partial charge in [0.1, 0.15) is 0 Å². The maximum Gasteiger partial charge on any atom is 0.0558 e. The molecule has 0 aromatic heterocycles. The van der Waals surface area contributed by atoms with Crippen molar-refractivity contribution >= 4 is 8.07 Å². The molecule has 0 nitrogen and oxygen atoms in total. The van der Waals surface area contributed by atoms with Gasteiger partial charge in [-0.3, -0.25) is 0 Å². The lowest BCUT2D eigenvalue weighted by Crippen LogP contribution is -2.33. The van der Waals surface area contributed by atoms with E-state index in [0.29, 0.717) is 5.04 Å². The summed E-state index contributed by atoms with van der Waals surface area (Å²) in [6.07, 6.45) is 0. The van der Waals surface area contributed by atoms with Gasteiger partial charge in [-0.25, -0.2) is 0 Å². The van der Waals surface area contributed by atoms with Gasteiger partial charge in [-0.2, -0.15) is 0 Å². The minimum Gasteiger partial charge on any atom is -0.0688 e. The average Bonchev–Trinajstić information content (AvgIpc) is 1.25. The molecule has 0 amide bonds. The Kier molecular flexibility index (Phi) is 1.92. The number of rotatable bonds is 0. The fourth-order valence-electron chi connectivity index (χ4n) is 0. The van der Waals surface area contributed by atoms with Crippen LogP contribution < -0.4 is 0 Å². The highest BCUT2D eigenvalue weighted by atomic mass is 28.3. The van der Waals surface area contributed by atoms with E-state index in [-0.39, 0.29) is 0 Å². The molecule has 1 heteroatoms. The van der Waals surface area contributed by atoms with E-state index >= 15 is 0 Å². The lowest BCUT2D eigenvalue weighted by atomic mass is 10.2. The van der Waals surface area contributed by atoms with Crippen LogP contribution in [0.25, 0.3) is 0 Å². The van der Waals surface area contributed by atoms with Crippen LogP contribution in [-0.2, 0) is 0 Å². The minimum atomic E-state index is -1.36. The molecule has 0 fully saturated rings. The third-order valence-electron chi connectivity index (χ3n) is 1.93. The molecule has 2 radical (unpaired) electrons. The molecule has 0 aliphatic heterocycles. The van der Waals surface area contributed by atoms with Crippen LogP contribution in [0.4, 0.5) is 0 Å². The van der Waals surface area contributed by atoms with Crippen molar-refractivity contribution in [2.45, 2.75) is 38.9 Å². The van der Waals surface area contributed by atoms with Crippen LogP contribution in [0.2, 0.25) is 18.1 Å². The summed E-state index contributed by atoms with van der Waals surface area (Å²) in [5.41, 5.74) is 0. The second-order valence-corrected chi connectivity index (χ2v) is 8.92. The highest BCUT2D eigenvalue weighted by molar-refractivity contribution is 6.81. The fraction of sp³-hybridized carbons (Fsp3) is 0.857. The van der Waals surface area contributed by atoms with Crippen molar-refractivity contribution in [2.24, 2.45) is 0 Å². The molecular weight excluding hydrogens is 112 g/mol. The predicted molar refractivity (Wildman–Crippen MR) is 41.5 cm³/mol. The summed E-state index contributed by atoms with van der Waals surface area (Å²) in [4.78, 5) is 0. The van der Waals surface area contributed by atoms with Gasteiger partial charge >= 0.3 is 0 Å². The Balaban J connectivity index is 4.02.